The van der Waals surface area contributed by atoms with Crippen LogP contribution in [0.1, 0.15) is 32.8 Å². The van der Waals surface area contributed by atoms with E-state index < -0.39 is 44.2 Å². The van der Waals surface area contributed by atoms with Gasteiger partial charge in [-0.2, -0.15) is 0 Å². The first kappa shape index (κ1) is 26.5. The van der Waals surface area contributed by atoms with E-state index in [9.17, 15) is 23.8 Å². The van der Waals surface area contributed by atoms with Crippen LogP contribution in [-0.4, -0.2) is 58.0 Å². The Balaban J connectivity index is 2.28. The number of benzene rings is 1. The summed E-state index contributed by atoms with van der Waals surface area (Å²) in [4.78, 5) is 49.8. The van der Waals surface area contributed by atoms with E-state index in [1.807, 2.05) is 31.2 Å². The largest absolute Gasteiger partial charge is 0.480 e. The van der Waals surface area contributed by atoms with Crippen molar-refractivity contribution >= 4 is 36.4 Å². The number of carbonyl (C=O) groups is 3. The summed E-state index contributed by atoms with van der Waals surface area (Å²) in [6.45, 7) is 4.45. The molecule has 6 N–H and O–H groups in total. The molecule has 0 spiro atoms. The second-order valence-corrected chi connectivity index (χ2v) is 9.22. The van der Waals surface area contributed by atoms with Gasteiger partial charge in [-0.1, -0.05) is 38.5 Å². The Labute approximate surface area is 191 Å². The minimum absolute atomic E-state index is 0.0313. The molecule has 2 rings (SSSR count). The van der Waals surface area contributed by atoms with Crippen LogP contribution in [0.2, 0.25) is 0 Å². The maximum absolute atomic E-state index is 13.1. The van der Waals surface area contributed by atoms with Crippen LogP contribution in [-0.2, 0) is 29.9 Å². The number of rotatable bonds is 13. The summed E-state index contributed by atoms with van der Waals surface area (Å²) < 4.78 is 17.1. The van der Waals surface area contributed by atoms with Crippen LogP contribution < -0.4 is 15.7 Å². The Morgan fingerprint density at radius 2 is 1.88 bits per heavy atom. The smallest absolute Gasteiger partial charge is 0.403 e. The molecule has 2 amide bonds. The number of fused-ring (bicyclic) bond motifs is 1. The van der Waals surface area contributed by atoms with Crippen molar-refractivity contribution in [1.82, 2.24) is 20.7 Å². The Morgan fingerprint density at radius 3 is 2.52 bits per heavy atom. The quantitative estimate of drug-likeness (QED) is 0.234. The van der Waals surface area contributed by atoms with Gasteiger partial charge in [-0.3, -0.25) is 18.9 Å². The zero-order chi connectivity index (χ0) is 24.6. The van der Waals surface area contributed by atoms with Crippen molar-refractivity contribution in [3.8, 4) is 0 Å². The Bertz CT molecular complexity index is 1020. The third kappa shape index (κ3) is 7.68. The normalized spacial score (nSPS) is 15.9. The highest BCUT2D eigenvalue weighted by atomic mass is 31.2. The van der Waals surface area contributed by atoms with E-state index in [0.717, 1.165) is 16.5 Å². The van der Waals surface area contributed by atoms with Crippen LogP contribution in [0.25, 0.3) is 10.9 Å². The van der Waals surface area contributed by atoms with Gasteiger partial charge in [0.05, 0.1) is 12.6 Å². The molecule has 12 heteroatoms. The topological polar surface area (TPSA) is 170 Å². The van der Waals surface area contributed by atoms with Crippen molar-refractivity contribution in [2.75, 3.05) is 13.2 Å². The van der Waals surface area contributed by atoms with Gasteiger partial charge in [0, 0.05) is 23.5 Å². The zero-order valence-electron chi connectivity index (χ0n) is 18.8. The highest BCUT2D eigenvalue weighted by molar-refractivity contribution is 7.50. The molecule has 1 unspecified atom stereocenters. The van der Waals surface area contributed by atoms with Gasteiger partial charge in [0.25, 0.3) is 0 Å². The van der Waals surface area contributed by atoms with Gasteiger partial charge in [0.1, 0.15) is 12.6 Å². The minimum Gasteiger partial charge on any atom is -0.480 e. The lowest BCUT2D eigenvalue weighted by atomic mass is 9.98. The summed E-state index contributed by atoms with van der Waals surface area (Å²) in [5, 5.41) is 17.0. The number of aromatic amines is 1. The number of carbonyl (C=O) groups excluding carboxylic acids is 2. The molecule has 0 radical (unpaired) electrons. The van der Waals surface area contributed by atoms with Crippen LogP contribution in [0, 0.1) is 5.92 Å². The van der Waals surface area contributed by atoms with Crippen molar-refractivity contribution in [2.24, 2.45) is 5.92 Å². The average Bonchev–Trinajstić information content (AvgIpc) is 3.17. The molecule has 1 heterocycles. The molecule has 0 aliphatic heterocycles. The number of carboxylic acids is 1. The molecular formula is C21H31N4O7P. The third-order valence-corrected chi connectivity index (χ3v) is 6.46. The van der Waals surface area contributed by atoms with E-state index in [1.165, 1.54) is 0 Å². The fourth-order valence-corrected chi connectivity index (χ4v) is 4.49. The number of amides is 2. The van der Waals surface area contributed by atoms with E-state index in [-0.39, 0.29) is 18.9 Å². The first-order valence-electron chi connectivity index (χ1n) is 10.7. The minimum atomic E-state index is -4.25. The second kappa shape index (κ2) is 11.9. The molecular weight excluding hydrogens is 451 g/mol. The van der Waals surface area contributed by atoms with E-state index in [1.54, 1.807) is 20.0 Å². The number of carboxylic acid groups (broad SMARTS) is 1. The zero-order valence-corrected chi connectivity index (χ0v) is 19.7. The predicted octanol–water partition coefficient (Wildman–Crippen LogP) is 1.54. The lowest BCUT2D eigenvalue weighted by Gasteiger charge is -2.27. The molecule has 1 aromatic heterocycles. The molecule has 0 saturated carbocycles. The summed E-state index contributed by atoms with van der Waals surface area (Å²) in [6, 6.07) is 5.20. The summed E-state index contributed by atoms with van der Waals surface area (Å²) in [6.07, 6.45) is 2.31. The van der Waals surface area contributed by atoms with Crippen LogP contribution in [0.4, 0.5) is 0 Å². The maximum atomic E-state index is 13.1. The molecule has 0 saturated heterocycles. The fourth-order valence-electron chi connectivity index (χ4n) is 3.35. The maximum Gasteiger partial charge on any atom is 0.403 e. The molecule has 182 valence electrons. The number of H-pyrrole nitrogens is 1. The number of para-hydroxylation sites is 1. The average molecular weight is 482 g/mol. The molecule has 0 bridgehead atoms. The Hall–Kier alpha value is -2.72. The lowest BCUT2D eigenvalue weighted by molar-refractivity contribution is -0.138. The van der Waals surface area contributed by atoms with Gasteiger partial charge in [-0.25, -0.2) is 9.65 Å². The first-order valence-corrected chi connectivity index (χ1v) is 12.3. The van der Waals surface area contributed by atoms with Crippen LogP contribution in [0.3, 0.4) is 0 Å². The molecule has 33 heavy (non-hydrogen) atoms. The van der Waals surface area contributed by atoms with E-state index in [2.05, 4.69) is 20.7 Å². The summed E-state index contributed by atoms with van der Waals surface area (Å²) in [5.41, 5.74) is 1.59. The molecule has 4 atom stereocenters. The Kier molecular flexibility index (Phi) is 9.60. The van der Waals surface area contributed by atoms with Crippen LogP contribution >= 0.6 is 7.75 Å². The molecule has 0 aliphatic carbocycles. The molecule has 11 nitrogen and oxygen atoms in total. The highest BCUT2D eigenvalue weighted by Crippen LogP contribution is 2.38. The number of hydrogen-bond donors (Lipinski definition) is 6. The number of aromatic nitrogens is 1. The van der Waals surface area contributed by atoms with Crippen molar-refractivity contribution in [3.63, 3.8) is 0 Å². The van der Waals surface area contributed by atoms with Gasteiger partial charge in [0.2, 0.25) is 11.8 Å². The van der Waals surface area contributed by atoms with Crippen LogP contribution in [0.15, 0.2) is 30.5 Å². The molecule has 0 aliphatic rings. The second-order valence-electron chi connectivity index (χ2n) is 7.67. The number of aliphatic carboxylic acids is 1. The van der Waals surface area contributed by atoms with Crippen molar-refractivity contribution < 1.29 is 33.5 Å². The predicted molar refractivity (Wildman–Crippen MR) is 122 cm³/mol. The van der Waals surface area contributed by atoms with Crippen LogP contribution in [0.5, 0.6) is 0 Å². The SMILES string of the molecule is CCOP(=O)(O)N[C@H](C(=O)N[C@@H](Cc1c[nH]c2ccccc12)C(=O)NCC(=O)O)[C@@H](C)CC. The highest BCUT2D eigenvalue weighted by Gasteiger charge is 2.34. The van der Waals surface area contributed by atoms with E-state index >= 15 is 0 Å². The first-order chi connectivity index (χ1) is 15.6. The van der Waals surface area contributed by atoms with Crippen molar-refractivity contribution in [2.45, 2.75) is 45.7 Å². The molecule has 0 fully saturated rings. The standard InChI is InChI=1S/C21H31N4O7P/c1-4-13(3)19(25-33(30,31)32-5-2)21(29)24-17(20(28)23-12-18(26)27)10-14-11-22-16-9-7-6-8-15(14)16/h6-9,11,13,17,19,22H,4-5,10,12H2,1-3H3,(H,23,28)(H,24,29)(H,26,27)(H2,25,30,31)/t13-,17-,19-/m0/s1. The third-order valence-electron chi connectivity index (χ3n) is 5.25. The molecule has 2 aromatic rings. The van der Waals surface area contributed by atoms with Gasteiger partial charge in [0.15, 0.2) is 0 Å². The Morgan fingerprint density at radius 1 is 1.18 bits per heavy atom. The van der Waals surface area contributed by atoms with Gasteiger partial charge in [-0.05, 0) is 24.5 Å². The summed E-state index contributed by atoms with van der Waals surface area (Å²) >= 11 is 0. The van der Waals surface area contributed by atoms with E-state index in [0.29, 0.717) is 6.42 Å². The van der Waals surface area contributed by atoms with Gasteiger partial charge < -0.3 is 25.6 Å². The monoisotopic (exact) mass is 482 g/mol. The molecule has 1 aromatic carbocycles. The van der Waals surface area contributed by atoms with Gasteiger partial charge in [-0.15, -0.1) is 0 Å². The fraction of sp³-hybridized carbons (Fsp3) is 0.476. The van der Waals surface area contributed by atoms with E-state index in [4.69, 9.17) is 9.63 Å². The van der Waals surface area contributed by atoms with Gasteiger partial charge >= 0.3 is 13.7 Å². The number of hydrogen-bond acceptors (Lipinski definition) is 5. The summed E-state index contributed by atoms with van der Waals surface area (Å²) in [5.74, 6) is -2.94. The number of nitrogens with one attached hydrogen (secondary N) is 4. The van der Waals surface area contributed by atoms with Crippen molar-refractivity contribution in [1.29, 1.82) is 0 Å². The summed E-state index contributed by atoms with van der Waals surface area (Å²) in [7, 11) is -4.25. The van der Waals surface area contributed by atoms with Crippen molar-refractivity contribution in [3.05, 3.63) is 36.0 Å². The lowest BCUT2D eigenvalue weighted by Crippen LogP contribution is -2.55.